The maximum Gasteiger partial charge on any atom is 0.301 e. The van der Waals surface area contributed by atoms with Gasteiger partial charge >= 0.3 is 6.01 Å². The molecule has 5 heterocycles. The highest BCUT2D eigenvalue weighted by Gasteiger charge is 2.54. The summed E-state index contributed by atoms with van der Waals surface area (Å²) in [7, 11) is 0. The van der Waals surface area contributed by atoms with E-state index in [1.807, 2.05) is 23.1 Å². The smallest absolute Gasteiger partial charge is 0.301 e. The number of hydrogen-bond donors (Lipinski definition) is 1. The Labute approximate surface area is 135 Å². The molecule has 122 valence electrons. The first-order valence-corrected chi connectivity index (χ1v) is 8.43. The van der Waals surface area contributed by atoms with Crippen molar-refractivity contribution in [1.29, 1.82) is 0 Å². The first-order chi connectivity index (χ1) is 11.1. The van der Waals surface area contributed by atoms with Crippen LogP contribution in [-0.2, 0) is 4.74 Å². The van der Waals surface area contributed by atoms with Crippen LogP contribution < -0.4 is 10.6 Å². The number of anilines is 1. The molecule has 2 N–H and O–H groups in total. The predicted octanol–water partition coefficient (Wildman–Crippen LogP) is 1.68. The quantitative estimate of drug-likeness (QED) is 0.864. The summed E-state index contributed by atoms with van der Waals surface area (Å²) in [4.78, 5) is 9.09. The molecule has 6 heteroatoms. The molecule has 2 atom stereocenters. The topological polar surface area (TPSA) is 67.8 Å². The number of fused-ring (bicyclic) bond motifs is 3. The number of hydrogen-bond acceptors (Lipinski definition) is 6. The first kappa shape index (κ1) is 13.8. The molecule has 6 nitrogen and oxygen atoms in total. The number of nitrogens with zero attached hydrogens (tertiary/aromatic N) is 3. The lowest BCUT2D eigenvalue weighted by Crippen LogP contribution is -2.61. The van der Waals surface area contributed by atoms with Crippen LogP contribution in [0.1, 0.15) is 18.4 Å². The highest BCUT2D eigenvalue weighted by Crippen LogP contribution is 2.43. The van der Waals surface area contributed by atoms with Crippen molar-refractivity contribution in [3.8, 4) is 0 Å². The van der Waals surface area contributed by atoms with E-state index in [2.05, 4.69) is 16.8 Å². The van der Waals surface area contributed by atoms with E-state index in [1.165, 1.54) is 25.9 Å². The Bertz CT molecular complexity index is 752. The van der Waals surface area contributed by atoms with E-state index >= 15 is 0 Å². The van der Waals surface area contributed by atoms with Gasteiger partial charge in [0.25, 0.3) is 0 Å². The predicted molar refractivity (Wildman–Crippen MR) is 87.0 cm³/mol. The van der Waals surface area contributed by atoms with Crippen molar-refractivity contribution in [3.63, 3.8) is 0 Å². The van der Waals surface area contributed by atoms with E-state index in [1.54, 1.807) is 0 Å². The lowest BCUT2D eigenvalue weighted by atomic mass is 9.75. The van der Waals surface area contributed by atoms with Crippen LogP contribution in [0.15, 0.2) is 22.6 Å². The Kier molecular flexibility index (Phi) is 2.81. The van der Waals surface area contributed by atoms with Crippen LogP contribution in [0.5, 0.6) is 0 Å². The average molecular weight is 314 g/mol. The van der Waals surface area contributed by atoms with Gasteiger partial charge in [0, 0.05) is 6.54 Å². The van der Waals surface area contributed by atoms with Crippen molar-refractivity contribution >= 4 is 17.1 Å². The monoisotopic (exact) mass is 314 g/mol. The molecule has 0 saturated carbocycles. The van der Waals surface area contributed by atoms with Gasteiger partial charge in [0.2, 0.25) is 0 Å². The second-order valence-electron chi connectivity index (χ2n) is 7.22. The second kappa shape index (κ2) is 4.69. The summed E-state index contributed by atoms with van der Waals surface area (Å²) >= 11 is 0. The van der Waals surface area contributed by atoms with Crippen molar-refractivity contribution in [2.45, 2.75) is 31.7 Å². The molecule has 2 unspecified atom stereocenters. The Balaban J connectivity index is 1.48. The SMILES string of the molecule is Cc1ccc2nc(N3CC4(CN5CCC4CC5)OC3N)oc2c1. The number of oxazole rings is 1. The van der Waals surface area contributed by atoms with Gasteiger partial charge in [-0.15, -0.1) is 0 Å². The fourth-order valence-electron chi connectivity index (χ4n) is 4.48. The molecule has 23 heavy (non-hydrogen) atoms. The molecule has 4 aliphatic heterocycles. The molecule has 0 aliphatic carbocycles. The standard InChI is InChI=1S/C17H22N4O2/c1-11-2-3-13-14(8-11)22-16(19-13)21-10-17(23-15(21)18)9-20-6-4-12(17)5-7-20/h2-3,8,12,15H,4-7,9-10,18H2,1H3. The molecule has 2 bridgehead atoms. The summed E-state index contributed by atoms with van der Waals surface area (Å²) in [5.41, 5.74) is 8.96. The third kappa shape index (κ3) is 2.02. The Morgan fingerprint density at radius 2 is 2.09 bits per heavy atom. The van der Waals surface area contributed by atoms with Gasteiger partial charge in [0.1, 0.15) is 11.1 Å². The van der Waals surface area contributed by atoms with E-state index < -0.39 is 6.35 Å². The minimum Gasteiger partial charge on any atom is -0.423 e. The zero-order valence-corrected chi connectivity index (χ0v) is 13.4. The van der Waals surface area contributed by atoms with E-state index in [-0.39, 0.29) is 5.60 Å². The van der Waals surface area contributed by atoms with Crippen LogP contribution in [0.2, 0.25) is 0 Å². The van der Waals surface area contributed by atoms with Crippen molar-refractivity contribution in [2.24, 2.45) is 11.7 Å². The van der Waals surface area contributed by atoms with Crippen LogP contribution in [0, 0.1) is 12.8 Å². The van der Waals surface area contributed by atoms with Gasteiger partial charge < -0.3 is 14.1 Å². The van der Waals surface area contributed by atoms with Crippen molar-refractivity contribution < 1.29 is 9.15 Å². The third-order valence-corrected chi connectivity index (χ3v) is 5.70. The van der Waals surface area contributed by atoms with Crippen LogP contribution in [0.25, 0.3) is 11.1 Å². The van der Waals surface area contributed by atoms with Crippen LogP contribution >= 0.6 is 0 Å². The lowest BCUT2D eigenvalue weighted by Gasteiger charge is -2.50. The molecule has 4 aliphatic rings. The number of nitrogens with two attached hydrogens (primary N) is 1. The minimum atomic E-state index is -0.482. The average Bonchev–Trinajstić information content (AvgIpc) is 3.09. The number of benzene rings is 1. The van der Waals surface area contributed by atoms with E-state index in [0.717, 1.165) is 29.8 Å². The van der Waals surface area contributed by atoms with Gasteiger partial charge in [-0.05, 0) is 56.5 Å². The fourth-order valence-corrected chi connectivity index (χ4v) is 4.48. The molecule has 1 aromatic carbocycles. The third-order valence-electron chi connectivity index (χ3n) is 5.70. The number of aryl methyl sites for hydroxylation is 1. The Hall–Kier alpha value is -1.63. The molecular weight excluding hydrogens is 292 g/mol. The van der Waals surface area contributed by atoms with E-state index in [0.29, 0.717) is 11.9 Å². The minimum absolute atomic E-state index is 0.160. The number of rotatable bonds is 1. The summed E-state index contributed by atoms with van der Waals surface area (Å²) in [6, 6.07) is 6.62. The fraction of sp³-hybridized carbons (Fsp3) is 0.588. The summed E-state index contributed by atoms with van der Waals surface area (Å²) in [5, 5.41) is 0. The summed E-state index contributed by atoms with van der Waals surface area (Å²) in [6.07, 6.45) is 1.92. The Morgan fingerprint density at radius 1 is 1.26 bits per heavy atom. The molecule has 2 aromatic rings. The van der Waals surface area contributed by atoms with E-state index in [4.69, 9.17) is 14.9 Å². The molecule has 0 amide bonds. The summed E-state index contributed by atoms with van der Waals surface area (Å²) < 4.78 is 12.2. The largest absolute Gasteiger partial charge is 0.423 e. The highest BCUT2D eigenvalue weighted by atomic mass is 16.6. The van der Waals surface area contributed by atoms with Crippen LogP contribution in [-0.4, -0.2) is 48.0 Å². The van der Waals surface area contributed by atoms with Gasteiger partial charge in [-0.3, -0.25) is 10.6 Å². The molecular formula is C17H22N4O2. The van der Waals surface area contributed by atoms with Crippen molar-refractivity contribution in [2.75, 3.05) is 31.1 Å². The number of ether oxygens (including phenoxy) is 1. The molecule has 1 spiro atoms. The van der Waals surface area contributed by atoms with Gasteiger partial charge in [-0.2, -0.15) is 4.98 Å². The van der Waals surface area contributed by atoms with Gasteiger partial charge in [0.05, 0.1) is 6.54 Å². The Morgan fingerprint density at radius 3 is 2.83 bits per heavy atom. The molecule has 4 saturated heterocycles. The molecule has 6 rings (SSSR count). The van der Waals surface area contributed by atoms with Gasteiger partial charge in [-0.25, -0.2) is 0 Å². The molecule has 1 aromatic heterocycles. The maximum absolute atomic E-state index is 6.29. The van der Waals surface area contributed by atoms with Crippen LogP contribution in [0.3, 0.4) is 0 Å². The maximum atomic E-state index is 6.29. The second-order valence-corrected chi connectivity index (χ2v) is 7.22. The normalized spacial score (nSPS) is 36.4. The van der Waals surface area contributed by atoms with Gasteiger partial charge in [0.15, 0.2) is 11.9 Å². The van der Waals surface area contributed by atoms with Crippen molar-refractivity contribution in [1.82, 2.24) is 9.88 Å². The summed E-state index contributed by atoms with van der Waals surface area (Å²) in [5.74, 6) is 0.593. The first-order valence-electron chi connectivity index (χ1n) is 8.43. The lowest BCUT2D eigenvalue weighted by molar-refractivity contribution is -0.137. The molecule has 0 radical (unpaired) electrons. The number of aromatic nitrogens is 1. The summed E-state index contributed by atoms with van der Waals surface area (Å²) in [6.45, 7) is 6.16. The van der Waals surface area contributed by atoms with Crippen LogP contribution in [0.4, 0.5) is 6.01 Å². The van der Waals surface area contributed by atoms with Crippen molar-refractivity contribution in [3.05, 3.63) is 23.8 Å². The van der Waals surface area contributed by atoms with E-state index in [9.17, 15) is 0 Å². The van der Waals surface area contributed by atoms with Gasteiger partial charge in [-0.1, -0.05) is 6.07 Å². The highest BCUT2D eigenvalue weighted by molar-refractivity contribution is 5.75. The molecule has 4 fully saturated rings. The number of piperidine rings is 3. The zero-order valence-electron chi connectivity index (χ0n) is 13.4. The zero-order chi connectivity index (χ0) is 15.6.